The molecule has 2 heterocycles. The highest BCUT2D eigenvalue weighted by Gasteiger charge is 2.53. The van der Waals surface area contributed by atoms with E-state index in [4.69, 9.17) is 0 Å². The van der Waals surface area contributed by atoms with Gasteiger partial charge < -0.3 is 0 Å². The number of nitrogens with zero attached hydrogens (tertiary/aromatic N) is 1. The van der Waals surface area contributed by atoms with E-state index < -0.39 is 25.1 Å². The quantitative estimate of drug-likeness (QED) is 0.828. The Morgan fingerprint density at radius 1 is 0.783 bits per heavy atom. The van der Waals surface area contributed by atoms with Crippen LogP contribution in [0, 0.1) is 0 Å². The lowest BCUT2D eigenvalue weighted by Gasteiger charge is -2.37. The second kappa shape index (κ2) is 5.29. The smallest absolute Gasteiger partial charge is 0.217 e. The van der Waals surface area contributed by atoms with Gasteiger partial charge in [-0.05, 0) is 50.7 Å². The van der Waals surface area contributed by atoms with Crippen molar-refractivity contribution in [1.82, 2.24) is 4.31 Å². The molecule has 1 aromatic rings. The zero-order chi connectivity index (χ0) is 16.2. The zero-order valence-corrected chi connectivity index (χ0v) is 14.5. The molecule has 23 heavy (non-hydrogen) atoms. The Bertz CT molecular complexity index is 786. The van der Waals surface area contributed by atoms with Crippen LogP contribution in [0.25, 0.3) is 0 Å². The third-order valence-corrected chi connectivity index (χ3v) is 10.1. The zero-order valence-electron chi connectivity index (χ0n) is 12.8. The van der Waals surface area contributed by atoms with Gasteiger partial charge in [-0.2, -0.15) is 4.31 Å². The van der Waals surface area contributed by atoms with Gasteiger partial charge in [0.2, 0.25) is 10.0 Å². The molecule has 3 fully saturated rings. The minimum atomic E-state index is -3.38. The summed E-state index contributed by atoms with van der Waals surface area (Å²) in [5.41, 5.74) is 0. The molecule has 1 aliphatic carbocycles. The summed E-state index contributed by atoms with van der Waals surface area (Å²) in [4.78, 5) is 0.350. The summed E-state index contributed by atoms with van der Waals surface area (Å²) >= 11 is 0. The maximum Gasteiger partial charge on any atom is 0.217 e. The van der Waals surface area contributed by atoms with Gasteiger partial charge in [0.1, 0.15) is 0 Å². The molecule has 0 unspecified atom stereocenters. The average Bonchev–Trinajstić information content (AvgIpc) is 3.34. The van der Waals surface area contributed by atoms with Crippen LogP contribution >= 0.6 is 0 Å². The van der Waals surface area contributed by atoms with E-state index in [0.29, 0.717) is 17.7 Å². The molecule has 7 heteroatoms. The van der Waals surface area contributed by atoms with Crippen molar-refractivity contribution in [2.75, 3.05) is 0 Å². The molecule has 2 bridgehead atoms. The second-order valence-corrected chi connectivity index (χ2v) is 11.3. The van der Waals surface area contributed by atoms with E-state index in [1.807, 2.05) is 0 Å². The molecule has 5 nitrogen and oxygen atoms in total. The predicted molar refractivity (Wildman–Crippen MR) is 87.2 cm³/mol. The molecule has 126 valence electrons. The molecule has 0 spiro atoms. The molecule has 2 saturated heterocycles. The Hall–Kier alpha value is -0.920. The molecule has 2 atom stereocenters. The molecular formula is C16H21NO4S2. The normalized spacial score (nSPS) is 32.1. The summed E-state index contributed by atoms with van der Waals surface area (Å²) in [7, 11) is -6.60. The van der Waals surface area contributed by atoms with E-state index in [9.17, 15) is 16.8 Å². The number of hydrogen-bond acceptors (Lipinski definition) is 4. The highest BCUT2D eigenvalue weighted by molar-refractivity contribution is 7.92. The SMILES string of the molecule is O=S(=O)(c1ccccc1)C1C[C@@H]2CC[C@@H](C1)N2S(=O)(=O)C1CC1. The maximum absolute atomic E-state index is 12.8. The van der Waals surface area contributed by atoms with Gasteiger partial charge >= 0.3 is 0 Å². The van der Waals surface area contributed by atoms with Crippen molar-refractivity contribution >= 4 is 19.9 Å². The Morgan fingerprint density at radius 2 is 1.35 bits per heavy atom. The lowest BCUT2D eigenvalue weighted by atomic mass is 10.1. The number of piperidine rings is 1. The van der Waals surface area contributed by atoms with Gasteiger partial charge in [-0.25, -0.2) is 16.8 Å². The fourth-order valence-electron chi connectivity index (χ4n) is 4.09. The first-order chi connectivity index (χ1) is 10.9. The average molecular weight is 355 g/mol. The summed E-state index contributed by atoms with van der Waals surface area (Å²) in [6.07, 6.45) is 3.95. The number of sulfone groups is 1. The largest absolute Gasteiger partial charge is 0.223 e. The molecule has 1 saturated carbocycles. The Kier molecular flexibility index (Phi) is 3.59. The van der Waals surface area contributed by atoms with E-state index >= 15 is 0 Å². The van der Waals surface area contributed by atoms with Gasteiger partial charge in [0, 0.05) is 12.1 Å². The summed E-state index contributed by atoms with van der Waals surface area (Å²) in [5.74, 6) is 0. The van der Waals surface area contributed by atoms with E-state index in [1.54, 1.807) is 34.6 Å². The fourth-order valence-corrected chi connectivity index (χ4v) is 8.26. The van der Waals surface area contributed by atoms with Crippen LogP contribution in [0.4, 0.5) is 0 Å². The summed E-state index contributed by atoms with van der Waals surface area (Å²) in [6.45, 7) is 0. The maximum atomic E-state index is 12.8. The molecule has 4 rings (SSSR count). The number of benzene rings is 1. The number of hydrogen-bond donors (Lipinski definition) is 0. The molecule has 0 aromatic heterocycles. The fraction of sp³-hybridized carbons (Fsp3) is 0.625. The van der Waals surface area contributed by atoms with Crippen molar-refractivity contribution in [3.8, 4) is 0 Å². The topological polar surface area (TPSA) is 71.5 Å². The molecule has 0 amide bonds. The Morgan fingerprint density at radius 3 is 1.87 bits per heavy atom. The van der Waals surface area contributed by atoms with Crippen LogP contribution in [0.2, 0.25) is 0 Å². The molecule has 2 aliphatic heterocycles. The first-order valence-electron chi connectivity index (χ1n) is 8.22. The third-order valence-electron chi connectivity index (χ3n) is 5.37. The number of sulfonamides is 1. The van der Waals surface area contributed by atoms with Crippen LogP contribution in [0.15, 0.2) is 35.2 Å². The van der Waals surface area contributed by atoms with Crippen LogP contribution in [-0.4, -0.2) is 43.7 Å². The van der Waals surface area contributed by atoms with E-state index in [2.05, 4.69) is 0 Å². The van der Waals surface area contributed by atoms with Crippen LogP contribution in [0.1, 0.15) is 38.5 Å². The molecule has 0 N–H and O–H groups in total. The van der Waals surface area contributed by atoms with Crippen LogP contribution < -0.4 is 0 Å². The highest BCUT2D eigenvalue weighted by Crippen LogP contribution is 2.44. The lowest BCUT2D eigenvalue weighted by molar-refractivity contribution is 0.248. The van der Waals surface area contributed by atoms with Crippen LogP contribution in [-0.2, 0) is 19.9 Å². The van der Waals surface area contributed by atoms with Crippen molar-refractivity contribution in [3.63, 3.8) is 0 Å². The summed E-state index contributed by atoms with van der Waals surface area (Å²) < 4.78 is 52.6. The van der Waals surface area contributed by atoms with Gasteiger partial charge in [-0.1, -0.05) is 18.2 Å². The van der Waals surface area contributed by atoms with Crippen molar-refractivity contribution in [2.24, 2.45) is 0 Å². The Balaban J connectivity index is 1.61. The lowest BCUT2D eigenvalue weighted by Crippen LogP contribution is -2.50. The summed E-state index contributed by atoms with van der Waals surface area (Å²) in [6, 6.07) is 8.25. The van der Waals surface area contributed by atoms with E-state index in [-0.39, 0.29) is 17.3 Å². The Labute approximate surface area is 137 Å². The molecule has 0 radical (unpaired) electrons. The molecule has 3 aliphatic rings. The van der Waals surface area contributed by atoms with Crippen LogP contribution in [0.5, 0.6) is 0 Å². The van der Waals surface area contributed by atoms with Gasteiger partial charge in [-0.3, -0.25) is 0 Å². The van der Waals surface area contributed by atoms with Crippen molar-refractivity contribution in [3.05, 3.63) is 30.3 Å². The first kappa shape index (κ1) is 15.6. The standard InChI is InChI=1S/C16H21NO4S2/c18-22(19,14-4-2-1-3-5-14)16-10-12-6-7-13(11-16)17(12)23(20,21)15-8-9-15/h1-5,12-13,15-16H,6-11H2/t12-,13-/m0/s1. The van der Waals surface area contributed by atoms with E-state index in [1.165, 1.54) is 0 Å². The van der Waals surface area contributed by atoms with Crippen LogP contribution in [0.3, 0.4) is 0 Å². The first-order valence-corrected chi connectivity index (χ1v) is 11.3. The van der Waals surface area contributed by atoms with Gasteiger partial charge in [0.15, 0.2) is 9.84 Å². The molecular weight excluding hydrogens is 334 g/mol. The monoisotopic (exact) mass is 355 g/mol. The molecule has 1 aromatic carbocycles. The highest BCUT2D eigenvalue weighted by atomic mass is 32.2. The van der Waals surface area contributed by atoms with Gasteiger partial charge in [-0.15, -0.1) is 0 Å². The summed E-state index contributed by atoms with van der Waals surface area (Å²) in [5, 5.41) is -0.680. The van der Waals surface area contributed by atoms with Crippen molar-refractivity contribution in [2.45, 2.75) is 66.0 Å². The van der Waals surface area contributed by atoms with E-state index in [0.717, 1.165) is 25.7 Å². The van der Waals surface area contributed by atoms with Crippen molar-refractivity contribution in [1.29, 1.82) is 0 Å². The third kappa shape index (κ3) is 2.53. The minimum Gasteiger partial charge on any atom is -0.223 e. The minimum absolute atomic E-state index is 0.136. The van der Waals surface area contributed by atoms with Gasteiger partial charge in [0.05, 0.1) is 15.4 Å². The number of fused-ring (bicyclic) bond motifs is 2. The second-order valence-electron chi connectivity index (χ2n) is 6.91. The van der Waals surface area contributed by atoms with Gasteiger partial charge in [0.25, 0.3) is 0 Å². The van der Waals surface area contributed by atoms with Crippen molar-refractivity contribution < 1.29 is 16.8 Å². The number of rotatable bonds is 4. The predicted octanol–water partition coefficient (Wildman–Crippen LogP) is 1.95.